The molecular formula is C29H34IrO4P2. The van der Waals surface area contributed by atoms with Gasteiger partial charge >= 0.3 is 8.38 Å². The molecule has 4 aromatic rings. The predicted octanol–water partition coefficient (Wildman–Crippen LogP) is 6.64. The van der Waals surface area contributed by atoms with Crippen LogP contribution in [-0.2, 0) is 24.9 Å². The molecule has 0 fully saturated rings. The molecule has 4 aromatic carbocycles. The molecule has 0 aliphatic heterocycles. The van der Waals surface area contributed by atoms with Crippen molar-refractivity contribution in [3.05, 3.63) is 129 Å². The Morgan fingerprint density at radius 3 is 1.56 bits per heavy atom. The van der Waals surface area contributed by atoms with E-state index >= 15 is 0 Å². The van der Waals surface area contributed by atoms with Crippen LogP contribution in [0.3, 0.4) is 0 Å². The molecule has 4 rings (SSSR count). The van der Waals surface area contributed by atoms with E-state index in [2.05, 4.69) is 73.4 Å². The predicted molar refractivity (Wildman–Crippen MR) is 153 cm³/mol. The van der Waals surface area contributed by atoms with Gasteiger partial charge in [-0.05, 0) is 36.4 Å². The zero-order chi connectivity index (χ0) is 24.6. The monoisotopic (exact) mass is 701 g/mol. The first-order chi connectivity index (χ1) is 16.5. The molecule has 0 saturated carbocycles. The summed E-state index contributed by atoms with van der Waals surface area (Å²) in [5.41, 5.74) is 0. The van der Waals surface area contributed by atoms with Crippen molar-refractivity contribution in [1.29, 1.82) is 0 Å². The molecule has 1 N–H and O–H groups in total. The number of carboxylic acids is 1. The van der Waals surface area contributed by atoms with Gasteiger partial charge < -0.3 is 21.6 Å². The number of benzene rings is 4. The Morgan fingerprint density at radius 1 is 0.722 bits per heavy atom. The third-order valence-electron chi connectivity index (χ3n) is 4.35. The third-order valence-corrected chi connectivity index (χ3v) is 7.78. The van der Waals surface area contributed by atoms with Gasteiger partial charge in [-0.3, -0.25) is 4.79 Å². The van der Waals surface area contributed by atoms with E-state index in [-0.39, 0.29) is 27.5 Å². The van der Waals surface area contributed by atoms with Crippen LogP contribution in [-0.4, -0.2) is 24.4 Å². The molecule has 0 aliphatic carbocycles. The zero-order valence-electron chi connectivity index (χ0n) is 21.0. The molecule has 193 valence electrons. The summed E-state index contributed by atoms with van der Waals surface area (Å²) in [6.45, 7) is 5.38. The van der Waals surface area contributed by atoms with Crippen LogP contribution in [0.5, 0.6) is 11.5 Å². The Morgan fingerprint density at radius 2 is 1.14 bits per heavy atom. The quantitative estimate of drug-likeness (QED) is 0.181. The van der Waals surface area contributed by atoms with E-state index < -0.39 is 22.3 Å². The Balaban J connectivity index is 0.000000569. The van der Waals surface area contributed by atoms with E-state index in [9.17, 15) is 0 Å². The Labute approximate surface area is 231 Å². The van der Waals surface area contributed by atoms with Gasteiger partial charge in [0.1, 0.15) is 6.66 Å². The average molecular weight is 701 g/mol. The molecule has 1 atom stereocenters. The van der Waals surface area contributed by atoms with Gasteiger partial charge in [-0.15, -0.1) is 12.1 Å². The fourth-order valence-electron chi connectivity index (χ4n) is 2.81. The van der Waals surface area contributed by atoms with Crippen LogP contribution in [0.4, 0.5) is 0 Å². The number of para-hydroxylation sites is 2. The van der Waals surface area contributed by atoms with Crippen molar-refractivity contribution in [3.8, 4) is 11.5 Å². The smallest absolute Gasteiger partial charge is 0.346 e. The summed E-state index contributed by atoms with van der Waals surface area (Å²) in [7, 11) is -1.87. The van der Waals surface area contributed by atoms with Crippen molar-refractivity contribution in [1.82, 2.24) is 0 Å². The van der Waals surface area contributed by atoms with Crippen molar-refractivity contribution >= 4 is 32.9 Å². The minimum absolute atomic E-state index is 0. The first-order valence-corrected chi connectivity index (χ1v) is 14.6. The van der Waals surface area contributed by atoms with E-state index in [1.165, 1.54) is 10.6 Å². The first-order valence-electron chi connectivity index (χ1n) is 10.8. The summed E-state index contributed by atoms with van der Waals surface area (Å²) in [6.07, 6.45) is 0. The third kappa shape index (κ3) is 14.1. The maximum absolute atomic E-state index is 9.00. The number of hydrogen-bond acceptors (Lipinski definition) is 3. The second kappa shape index (κ2) is 19.6. The Kier molecular flexibility index (Phi) is 18.2. The van der Waals surface area contributed by atoms with Crippen LogP contribution in [0.1, 0.15) is 6.92 Å². The van der Waals surface area contributed by atoms with Crippen molar-refractivity contribution in [2.45, 2.75) is 6.92 Å². The maximum Gasteiger partial charge on any atom is 0.346 e. The molecule has 0 aliphatic rings. The van der Waals surface area contributed by atoms with E-state index in [1.54, 1.807) is 0 Å². The van der Waals surface area contributed by atoms with Crippen LogP contribution >= 0.6 is 16.3 Å². The largest absolute Gasteiger partial charge is 0.481 e. The molecule has 0 heterocycles. The summed E-state index contributed by atoms with van der Waals surface area (Å²) < 4.78 is 11.3. The molecule has 36 heavy (non-hydrogen) atoms. The van der Waals surface area contributed by atoms with Crippen LogP contribution in [0.15, 0.2) is 115 Å². The second-order valence-electron chi connectivity index (χ2n) is 7.11. The van der Waals surface area contributed by atoms with E-state index in [4.69, 9.17) is 18.9 Å². The molecule has 0 aromatic heterocycles. The van der Waals surface area contributed by atoms with Gasteiger partial charge in [-0.1, -0.05) is 54.6 Å². The van der Waals surface area contributed by atoms with E-state index in [1.807, 2.05) is 61.3 Å². The first kappa shape index (κ1) is 33.5. The van der Waals surface area contributed by atoms with Crippen molar-refractivity contribution in [2.24, 2.45) is 0 Å². The van der Waals surface area contributed by atoms with Crippen LogP contribution < -0.4 is 19.7 Å². The minimum Gasteiger partial charge on any atom is -0.481 e. The maximum atomic E-state index is 9.00. The van der Waals surface area contributed by atoms with Gasteiger partial charge in [-0.25, -0.2) is 0 Å². The van der Waals surface area contributed by atoms with Gasteiger partial charge in [-0.2, -0.15) is 18.2 Å². The van der Waals surface area contributed by atoms with Crippen molar-refractivity contribution in [3.63, 3.8) is 0 Å². The SMILES string of the molecule is CC(=O)O.C[PH+](Oc1[c-]cccc1)Oc1ccccc1.C[PH+](c1ccccc1)c1ccccc1.[CH3-].[Ir]. The molecule has 4 nitrogen and oxygen atoms in total. The van der Waals surface area contributed by atoms with Crippen molar-refractivity contribution in [2.75, 3.05) is 13.3 Å². The fraction of sp³-hybridized carbons (Fsp3) is 0.103. The number of carboxylic acid groups (broad SMARTS) is 1. The summed E-state index contributed by atoms with van der Waals surface area (Å²) in [5, 5.41) is 10.4. The van der Waals surface area contributed by atoms with Gasteiger partial charge in [0, 0.05) is 27.0 Å². The van der Waals surface area contributed by atoms with Crippen LogP contribution in [0, 0.1) is 13.5 Å². The zero-order valence-corrected chi connectivity index (χ0v) is 25.4. The molecule has 7 heteroatoms. The molecule has 0 spiro atoms. The molecular weight excluding hydrogens is 666 g/mol. The molecule has 0 amide bonds. The summed E-state index contributed by atoms with van der Waals surface area (Å²) in [4.78, 5) is 9.00. The Bertz CT molecular complexity index is 984. The van der Waals surface area contributed by atoms with Crippen LogP contribution in [0.2, 0.25) is 0 Å². The molecule has 1 unspecified atom stereocenters. The average Bonchev–Trinajstić information content (AvgIpc) is 2.86. The Hall–Kier alpha value is -2.54. The molecule has 0 bridgehead atoms. The summed E-state index contributed by atoms with van der Waals surface area (Å²) in [6, 6.07) is 41.7. The second-order valence-corrected chi connectivity index (χ2v) is 10.9. The molecule has 1 radical (unpaired) electrons. The number of carbonyl (C=O) groups is 1. The molecule has 0 saturated heterocycles. The number of hydrogen-bond donors (Lipinski definition) is 1. The normalized spacial score (nSPS) is 10.0. The van der Waals surface area contributed by atoms with Gasteiger partial charge in [0.15, 0.2) is 5.75 Å². The van der Waals surface area contributed by atoms with Gasteiger partial charge in [0.25, 0.3) is 5.97 Å². The van der Waals surface area contributed by atoms with Crippen LogP contribution in [0.25, 0.3) is 0 Å². The standard InChI is InChI=1S/C13H12O2P.C13H13P.C2H4O2.CH3.Ir/c1-16(14-12-8-4-2-5-9-12)15-13-10-6-3-7-11-13;1-14(12-8-4-2-5-9-12)13-10-6-3-7-11-13;1-2(3)4;;/h2-10H,1H3;2-11H,1H3;1H3,(H,3,4);1H3;/q-1;;;-1;/p+2. The minimum atomic E-state index is -1.33. The summed E-state index contributed by atoms with van der Waals surface area (Å²) >= 11 is 0. The summed E-state index contributed by atoms with van der Waals surface area (Å²) in [5.74, 6) is 0.740. The number of rotatable bonds is 6. The van der Waals surface area contributed by atoms with E-state index in [0.29, 0.717) is 0 Å². The van der Waals surface area contributed by atoms with Crippen molar-refractivity contribution < 1.29 is 39.1 Å². The van der Waals surface area contributed by atoms with Gasteiger partial charge in [0.05, 0.1) is 30.9 Å². The van der Waals surface area contributed by atoms with E-state index in [0.717, 1.165) is 18.4 Å². The fourth-order valence-corrected chi connectivity index (χ4v) is 5.48. The topological polar surface area (TPSA) is 55.8 Å². The van der Waals surface area contributed by atoms with Gasteiger partial charge in [0.2, 0.25) is 0 Å². The number of aliphatic carboxylic acids is 1.